The Kier molecular flexibility index (Phi) is 5.11. The number of amides is 2. The lowest BCUT2D eigenvalue weighted by molar-refractivity contribution is 0.194. The number of carbonyl (C=O) groups is 1. The number of nitrogens with zero attached hydrogens (tertiary/aromatic N) is 3. The molecule has 4 rings (SSSR count). The number of fused-ring (bicyclic) bond motifs is 1. The molecule has 0 unspecified atom stereocenters. The minimum atomic E-state index is -0.0187. The zero-order valence-electron chi connectivity index (χ0n) is 15.2. The van der Waals surface area contributed by atoms with E-state index in [1.165, 1.54) is 4.70 Å². The molecule has 7 heteroatoms. The van der Waals surface area contributed by atoms with Crippen LogP contribution in [-0.4, -0.2) is 49.2 Å². The molecular weight excluding hydrogens is 360 g/mol. The first-order chi connectivity index (χ1) is 13.2. The number of hydrogen-bond acceptors (Lipinski definition) is 5. The van der Waals surface area contributed by atoms with E-state index in [4.69, 9.17) is 9.72 Å². The van der Waals surface area contributed by atoms with Gasteiger partial charge >= 0.3 is 6.03 Å². The molecule has 27 heavy (non-hydrogen) atoms. The molecule has 0 atom stereocenters. The Morgan fingerprint density at radius 3 is 2.56 bits per heavy atom. The summed E-state index contributed by atoms with van der Waals surface area (Å²) in [5.41, 5.74) is 2.09. The van der Waals surface area contributed by atoms with Crippen LogP contribution in [0.25, 0.3) is 10.2 Å². The summed E-state index contributed by atoms with van der Waals surface area (Å²) in [6.07, 6.45) is 0. The van der Waals surface area contributed by atoms with Crippen molar-refractivity contribution >= 4 is 32.7 Å². The van der Waals surface area contributed by atoms with E-state index in [2.05, 4.69) is 16.3 Å². The summed E-state index contributed by atoms with van der Waals surface area (Å²) >= 11 is 1.71. The minimum absolute atomic E-state index is 0.0187. The van der Waals surface area contributed by atoms with Crippen molar-refractivity contribution in [3.05, 3.63) is 54.1 Å². The lowest BCUT2D eigenvalue weighted by Gasteiger charge is -2.34. The van der Waals surface area contributed by atoms with Crippen molar-refractivity contribution < 1.29 is 9.53 Å². The monoisotopic (exact) mass is 382 g/mol. The van der Waals surface area contributed by atoms with Crippen LogP contribution < -0.4 is 15.0 Å². The number of thiazole rings is 1. The predicted octanol–water partition coefficient (Wildman–Crippen LogP) is 3.34. The smallest absolute Gasteiger partial charge is 0.317 e. The van der Waals surface area contributed by atoms with Crippen molar-refractivity contribution in [1.29, 1.82) is 0 Å². The van der Waals surface area contributed by atoms with Gasteiger partial charge in [0.25, 0.3) is 0 Å². The van der Waals surface area contributed by atoms with Gasteiger partial charge in [-0.1, -0.05) is 35.6 Å². The van der Waals surface area contributed by atoms with E-state index in [1.54, 1.807) is 18.4 Å². The molecule has 0 bridgehead atoms. The Balaban J connectivity index is 1.29. The Morgan fingerprint density at radius 1 is 1.11 bits per heavy atom. The predicted molar refractivity (Wildman–Crippen MR) is 109 cm³/mol. The normalized spacial score (nSPS) is 14.4. The maximum Gasteiger partial charge on any atom is 0.317 e. The number of nitrogens with one attached hydrogen (secondary N) is 1. The van der Waals surface area contributed by atoms with Gasteiger partial charge in [0, 0.05) is 32.7 Å². The molecule has 3 aromatic rings. The maximum atomic E-state index is 12.4. The standard InChI is InChI=1S/C20H22N4O2S/c1-26-16-8-6-15(7-9-16)14-21-19(25)23-10-12-24(13-11-23)20-22-17-4-2-3-5-18(17)27-20/h2-9H,10-14H2,1H3,(H,21,25). The number of carbonyl (C=O) groups excluding carboxylic acids is 1. The third-order valence-electron chi connectivity index (χ3n) is 4.72. The van der Waals surface area contributed by atoms with Gasteiger partial charge in [0.1, 0.15) is 5.75 Å². The molecule has 2 amide bonds. The van der Waals surface area contributed by atoms with E-state index in [9.17, 15) is 4.79 Å². The van der Waals surface area contributed by atoms with Crippen LogP contribution >= 0.6 is 11.3 Å². The molecule has 0 saturated carbocycles. The topological polar surface area (TPSA) is 57.7 Å². The van der Waals surface area contributed by atoms with Crippen molar-refractivity contribution in [1.82, 2.24) is 15.2 Å². The third kappa shape index (κ3) is 3.98. The van der Waals surface area contributed by atoms with Crippen LogP contribution in [0.1, 0.15) is 5.56 Å². The Labute approximate surface area is 162 Å². The van der Waals surface area contributed by atoms with Gasteiger partial charge in [-0.25, -0.2) is 9.78 Å². The third-order valence-corrected chi connectivity index (χ3v) is 5.82. The number of rotatable bonds is 4. The summed E-state index contributed by atoms with van der Waals surface area (Å²) in [6, 6.07) is 15.9. The minimum Gasteiger partial charge on any atom is -0.497 e. The maximum absolute atomic E-state index is 12.4. The molecule has 0 spiro atoms. The van der Waals surface area contributed by atoms with Gasteiger partial charge in [0.15, 0.2) is 5.13 Å². The quantitative estimate of drug-likeness (QED) is 0.752. The number of urea groups is 1. The summed E-state index contributed by atoms with van der Waals surface area (Å²) in [5, 5.41) is 4.03. The van der Waals surface area contributed by atoms with Gasteiger partial charge in [-0.2, -0.15) is 0 Å². The molecule has 1 fully saturated rings. The van der Waals surface area contributed by atoms with Crippen LogP contribution in [0.5, 0.6) is 5.75 Å². The van der Waals surface area contributed by atoms with Crippen molar-refractivity contribution in [3.8, 4) is 5.75 Å². The summed E-state index contributed by atoms with van der Waals surface area (Å²) < 4.78 is 6.35. The zero-order chi connectivity index (χ0) is 18.6. The highest BCUT2D eigenvalue weighted by Gasteiger charge is 2.22. The fourth-order valence-electron chi connectivity index (χ4n) is 3.13. The second-order valence-corrected chi connectivity index (χ2v) is 7.45. The summed E-state index contributed by atoms with van der Waals surface area (Å²) in [5.74, 6) is 0.816. The number of methoxy groups -OCH3 is 1. The molecule has 2 heterocycles. The number of benzene rings is 2. The first kappa shape index (κ1) is 17.6. The molecule has 2 aromatic carbocycles. The first-order valence-corrected chi connectivity index (χ1v) is 9.81. The van der Waals surface area contributed by atoms with Gasteiger partial charge < -0.3 is 19.9 Å². The largest absolute Gasteiger partial charge is 0.497 e. The molecule has 6 nitrogen and oxygen atoms in total. The van der Waals surface area contributed by atoms with E-state index < -0.39 is 0 Å². The van der Waals surface area contributed by atoms with E-state index in [-0.39, 0.29) is 6.03 Å². The van der Waals surface area contributed by atoms with Gasteiger partial charge in [0.2, 0.25) is 0 Å². The van der Waals surface area contributed by atoms with Crippen molar-refractivity contribution in [2.24, 2.45) is 0 Å². The number of hydrogen-bond donors (Lipinski definition) is 1. The molecule has 140 valence electrons. The molecule has 0 radical (unpaired) electrons. The van der Waals surface area contributed by atoms with Crippen LogP contribution in [0.15, 0.2) is 48.5 Å². The first-order valence-electron chi connectivity index (χ1n) is 8.99. The van der Waals surface area contributed by atoms with Gasteiger partial charge in [-0.05, 0) is 29.8 Å². The molecule has 1 aromatic heterocycles. The lowest BCUT2D eigenvalue weighted by atomic mass is 10.2. The summed E-state index contributed by atoms with van der Waals surface area (Å²) in [6.45, 7) is 3.52. The van der Waals surface area contributed by atoms with Gasteiger partial charge in [-0.3, -0.25) is 0 Å². The number of piperazine rings is 1. The Bertz CT molecular complexity index is 884. The molecule has 1 N–H and O–H groups in total. The summed E-state index contributed by atoms with van der Waals surface area (Å²) in [4.78, 5) is 21.3. The van der Waals surface area contributed by atoms with Gasteiger partial charge in [-0.15, -0.1) is 0 Å². The Hall–Kier alpha value is -2.80. The molecule has 1 aliphatic rings. The van der Waals surface area contributed by atoms with E-state index >= 15 is 0 Å². The van der Waals surface area contributed by atoms with Crippen LogP contribution in [0.3, 0.4) is 0 Å². The van der Waals surface area contributed by atoms with Crippen LogP contribution in [-0.2, 0) is 6.54 Å². The number of para-hydroxylation sites is 1. The Morgan fingerprint density at radius 2 is 1.85 bits per heavy atom. The fourth-order valence-corrected chi connectivity index (χ4v) is 4.15. The highest BCUT2D eigenvalue weighted by Crippen LogP contribution is 2.29. The number of anilines is 1. The number of aromatic nitrogens is 1. The molecule has 1 aliphatic heterocycles. The van der Waals surface area contributed by atoms with Gasteiger partial charge in [0.05, 0.1) is 17.3 Å². The van der Waals surface area contributed by atoms with E-state index in [1.807, 2.05) is 47.4 Å². The fraction of sp³-hybridized carbons (Fsp3) is 0.300. The van der Waals surface area contributed by atoms with Crippen LogP contribution in [0.2, 0.25) is 0 Å². The van der Waals surface area contributed by atoms with Crippen molar-refractivity contribution in [3.63, 3.8) is 0 Å². The average Bonchev–Trinajstić information content (AvgIpc) is 3.17. The summed E-state index contributed by atoms with van der Waals surface area (Å²) in [7, 11) is 1.64. The highest BCUT2D eigenvalue weighted by atomic mass is 32.1. The van der Waals surface area contributed by atoms with Crippen molar-refractivity contribution in [2.75, 3.05) is 38.2 Å². The second kappa shape index (κ2) is 7.84. The van der Waals surface area contributed by atoms with Crippen molar-refractivity contribution in [2.45, 2.75) is 6.54 Å². The zero-order valence-corrected chi connectivity index (χ0v) is 16.0. The van der Waals surface area contributed by atoms with E-state index in [0.717, 1.165) is 35.1 Å². The second-order valence-electron chi connectivity index (χ2n) is 6.45. The number of ether oxygens (including phenoxy) is 1. The van der Waals surface area contributed by atoms with Crippen LogP contribution in [0, 0.1) is 0 Å². The highest BCUT2D eigenvalue weighted by molar-refractivity contribution is 7.22. The lowest BCUT2D eigenvalue weighted by Crippen LogP contribution is -2.51. The SMILES string of the molecule is COc1ccc(CNC(=O)N2CCN(c3nc4ccccc4s3)CC2)cc1. The van der Waals surface area contributed by atoms with E-state index in [0.29, 0.717) is 19.6 Å². The molecular formula is C20H22N4O2S. The van der Waals surface area contributed by atoms with Crippen LogP contribution in [0.4, 0.5) is 9.93 Å². The molecule has 0 aliphatic carbocycles. The average molecular weight is 382 g/mol. The molecule has 1 saturated heterocycles.